The van der Waals surface area contributed by atoms with Crippen LogP contribution in [0.25, 0.3) is 0 Å². The Kier molecular flexibility index (Phi) is 4.89. The van der Waals surface area contributed by atoms with Crippen LogP contribution < -0.4 is 15.6 Å². The van der Waals surface area contributed by atoms with Crippen molar-refractivity contribution in [3.8, 4) is 0 Å². The maximum absolute atomic E-state index is 12.4. The van der Waals surface area contributed by atoms with E-state index in [1.807, 2.05) is 36.1 Å². The molecule has 1 unspecified atom stereocenters. The summed E-state index contributed by atoms with van der Waals surface area (Å²) in [6, 6.07) is 7.37. The summed E-state index contributed by atoms with van der Waals surface area (Å²) in [5.41, 5.74) is 2.50. The van der Waals surface area contributed by atoms with Crippen LogP contribution in [0.2, 0.25) is 0 Å². The number of anilines is 1. The fourth-order valence-electron chi connectivity index (χ4n) is 2.92. The van der Waals surface area contributed by atoms with E-state index < -0.39 is 17.5 Å². The Hall–Kier alpha value is -2.22. The van der Waals surface area contributed by atoms with Gasteiger partial charge in [-0.05, 0) is 37.7 Å². The second-order valence-electron chi connectivity index (χ2n) is 6.38. The molecule has 2 aliphatic heterocycles. The number of benzene rings is 1. The van der Waals surface area contributed by atoms with Crippen molar-refractivity contribution < 1.29 is 14.4 Å². The van der Waals surface area contributed by atoms with Crippen LogP contribution in [-0.4, -0.2) is 47.2 Å². The van der Waals surface area contributed by atoms with Crippen LogP contribution in [0.4, 0.5) is 10.5 Å². The number of fused-ring (bicyclic) bond motifs is 1. The molecule has 8 heteroatoms. The molecule has 134 valence electrons. The van der Waals surface area contributed by atoms with Crippen LogP contribution in [0, 0.1) is 0 Å². The Morgan fingerprint density at radius 3 is 2.84 bits per heavy atom. The predicted molar refractivity (Wildman–Crippen MR) is 96.2 cm³/mol. The molecule has 1 atom stereocenters. The third-order valence-corrected chi connectivity index (χ3v) is 5.72. The van der Waals surface area contributed by atoms with Crippen molar-refractivity contribution in [3.05, 3.63) is 24.3 Å². The monoisotopic (exact) mass is 362 g/mol. The first-order valence-electron chi connectivity index (χ1n) is 8.37. The van der Waals surface area contributed by atoms with E-state index in [9.17, 15) is 14.4 Å². The summed E-state index contributed by atoms with van der Waals surface area (Å²) in [6.45, 7) is 4.32. The minimum atomic E-state index is -0.962. The number of urea groups is 1. The van der Waals surface area contributed by atoms with E-state index in [0.29, 0.717) is 6.42 Å². The quantitative estimate of drug-likeness (QED) is 0.798. The number of carbonyl (C=O) groups is 3. The molecule has 0 aromatic heterocycles. The van der Waals surface area contributed by atoms with Crippen molar-refractivity contribution in [3.63, 3.8) is 0 Å². The molecule has 4 amide bonds. The first kappa shape index (κ1) is 17.6. The number of rotatable bonds is 4. The number of carbonyl (C=O) groups excluding carboxylic acids is 3. The van der Waals surface area contributed by atoms with E-state index in [1.165, 1.54) is 0 Å². The van der Waals surface area contributed by atoms with E-state index in [-0.39, 0.29) is 12.5 Å². The molecule has 0 saturated carbocycles. The van der Waals surface area contributed by atoms with Gasteiger partial charge in [0.05, 0.1) is 12.2 Å². The number of hydrazine groups is 1. The molecule has 2 aliphatic rings. The summed E-state index contributed by atoms with van der Waals surface area (Å²) < 4.78 is 0. The standard InChI is InChI=1S/C17H22N4O3S/c1-3-17(2)15(23)21(16(24)18-17)19-14(22)11-20-9-6-10-25-13-8-5-4-7-12(13)20/h4-5,7-8H,3,6,9-11H2,1-2H3,(H,18,24)(H,19,22). The number of thioether (sulfide) groups is 1. The van der Waals surface area contributed by atoms with Gasteiger partial charge in [0, 0.05) is 11.4 Å². The molecule has 1 aromatic carbocycles. The van der Waals surface area contributed by atoms with Crippen molar-refractivity contribution in [2.75, 3.05) is 23.7 Å². The highest BCUT2D eigenvalue weighted by Gasteiger charge is 2.47. The molecule has 1 fully saturated rings. The van der Waals surface area contributed by atoms with Crippen molar-refractivity contribution in [1.29, 1.82) is 0 Å². The van der Waals surface area contributed by atoms with Gasteiger partial charge >= 0.3 is 6.03 Å². The Morgan fingerprint density at radius 2 is 2.12 bits per heavy atom. The molecule has 2 heterocycles. The topological polar surface area (TPSA) is 81.8 Å². The van der Waals surface area contributed by atoms with E-state index in [4.69, 9.17) is 0 Å². The third-order valence-electron chi connectivity index (χ3n) is 4.57. The minimum absolute atomic E-state index is 0.0947. The molecule has 0 aliphatic carbocycles. The number of hydrogen-bond acceptors (Lipinski definition) is 5. The van der Waals surface area contributed by atoms with Crippen LogP contribution in [0.1, 0.15) is 26.7 Å². The lowest BCUT2D eigenvalue weighted by atomic mass is 10.00. The first-order chi connectivity index (χ1) is 11.9. The largest absolute Gasteiger partial charge is 0.361 e. The Bertz CT molecular complexity index is 711. The smallest absolute Gasteiger partial charge is 0.344 e. The highest BCUT2D eigenvalue weighted by atomic mass is 32.2. The number of para-hydroxylation sites is 1. The summed E-state index contributed by atoms with van der Waals surface area (Å²) >= 11 is 1.77. The fraction of sp³-hybridized carbons (Fsp3) is 0.471. The lowest BCUT2D eigenvalue weighted by Gasteiger charge is -2.25. The van der Waals surface area contributed by atoms with Crippen LogP contribution in [0.3, 0.4) is 0 Å². The zero-order valence-electron chi connectivity index (χ0n) is 14.4. The maximum atomic E-state index is 12.4. The van der Waals surface area contributed by atoms with Gasteiger partial charge in [-0.15, -0.1) is 11.8 Å². The minimum Gasteiger partial charge on any atom is -0.361 e. The van der Waals surface area contributed by atoms with E-state index in [0.717, 1.165) is 34.3 Å². The molecule has 1 saturated heterocycles. The molecule has 0 bridgehead atoms. The number of nitrogens with one attached hydrogen (secondary N) is 2. The highest BCUT2D eigenvalue weighted by Crippen LogP contribution is 2.33. The summed E-state index contributed by atoms with van der Waals surface area (Å²) in [4.78, 5) is 39.9. The Labute approximate surface area is 151 Å². The SMILES string of the molecule is CCC1(C)NC(=O)N(NC(=O)CN2CCCSc3ccccc32)C1=O. The first-order valence-corrected chi connectivity index (χ1v) is 9.36. The van der Waals surface area contributed by atoms with Crippen LogP contribution in [0.5, 0.6) is 0 Å². The van der Waals surface area contributed by atoms with Gasteiger partial charge in [0.1, 0.15) is 5.54 Å². The molecule has 0 radical (unpaired) electrons. The second kappa shape index (κ2) is 6.95. The number of hydrogen-bond donors (Lipinski definition) is 2. The van der Waals surface area contributed by atoms with Crippen molar-refractivity contribution in [1.82, 2.24) is 15.8 Å². The second-order valence-corrected chi connectivity index (χ2v) is 7.52. The summed E-state index contributed by atoms with van der Waals surface area (Å²) in [5.74, 6) is 0.183. The van der Waals surface area contributed by atoms with Gasteiger partial charge in [-0.25, -0.2) is 4.79 Å². The lowest BCUT2D eigenvalue weighted by Crippen LogP contribution is -2.51. The third kappa shape index (κ3) is 3.44. The number of imide groups is 1. The molecule has 1 aromatic rings. The lowest BCUT2D eigenvalue weighted by molar-refractivity contribution is -0.138. The fourth-order valence-corrected chi connectivity index (χ4v) is 3.93. The molecule has 3 rings (SSSR count). The van der Waals surface area contributed by atoms with Crippen LogP contribution in [-0.2, 0) is 9.59 Å². The van der Waals surface area contributed by atoms with Gasteiger partial charge < -0.3 is 10.2 Å². The number of nitrogens with zero attached hydrogens (tertiary/aromatic N) is 2. The van der Waals surface area contributed by atoms with E-state index in [2.05, 4.69) is 10.7 Å². The van der Waals surface area contributed by atoms with Gasteiger partial charge in [-0.3, -0.25) is 15.0 Å². The van der Waals surface area contributed by atoms with Gasteiger partial charge in [0.25, 0.3) is 11.8 Å². The summed E-state index contributed by atoms with van der Waals surface area (Å²) in [7, 11) is 0. The zero-order chi connectivity index (χ0) is 18.0. The zero-order valence-corrected chi connectivity index (χ0v) is 15.2. The van der Waals surface area contributed by atoms with E-state index in [1.54, 1.807) is 18.7 Å². The number of amides is 4. The van der Waals surface area contributed by atoms with Gasteiger partial charge in [0.2, 0.25) is 0 Å². The van der Waals surface area contributed by atoms with Gasteiger partial charge in [-0.1, -0.05) is 19.1 Å². The average molecular weight is 362 g/mol. The molecule has 7 nitrogen and oxygen atoms in total. The Balaban J connectivity index is 1.69. The van der Waals surface area contributed by atoms with Crippen molar-refractivity contribution >= 4 is 35.3 Å². The van der Waals surface area contributed by atoms with Crippen molar-refractivity contribution in [2.45, 2.75) is 37.1 Å². The maximum Gasteiger partial charge on any atom is 0.344 e. The van der Waals surface area contributed by atoms with Crippen molar-refractivity contribution in [2.24, 2.45) is 0 Å². The molecule has 25 heavy (non-hydrogen) atoms. The van der Waals surface area contributed by atoms with Gasteiger partial charge in [0.15, 0.2) is 0 Å². The molecular weight excluding hydrogens is 340 g/mol. The van der Waals surface area contributed by atoms with Crippen LogP contribution >= 0.6 is 11.8 Å². The summed E-state index contributed by atoms with van der Waals surface area (Å²) in [5, 5.41) is 3.42. The predicted octanol–water partition coefficient (Wildman–Crippen LogP) is 1.74. The molecule has 0 spiro atoms. The molecule has 2 N–H and O–H groups in total. The van der Waals surface area contributed by atoms with Gasteiger partial charge in [-0.2, -0.15) is 5.01 Å². The van der Waals surface area contributed by atoms with E-state index >= 15 is 0 Å². The highest BCUT2D eigenvalue weighted by molar-refractivity contribution is 7.99. The molecular formula is C17H22N4O3S. The normalized spacial score (nSPS) is 23.1. The van der Waals surface area contributed by atoms with Crippen LogP contribution in [0.15, 0.2) is 29.2 Å². The Morgan fingerprint density at radius 1 is 1.36 bits per heavy atom. The summed E-state index contributed by atoms with van der Waals surface area (Å²) in [6.07, 6.45) is 1.42. The average Bonchev–Trinajstić information content (AvgIpc) is 2.75.